The predicted molar refractivity (Wildman–Crippen MR) is 105 cm³/mol. The third-order valence-corrected chi connectivity index (χ3v) is 4.08. The second-order valence-corrected chi connectivity index (χ2v) is 6.43. The van der Waals surface area contributed by atoms with Crippen LogP contribution in [0.5, 0.6) is 11.5 Å². The number of carbonyl (C=O) groups is 1. The SMILES string of the molecule is CCc1ccc(OCn2cc(NC(=O)c3cccc(OCC(F)(F)F)c3)cn2)cc1. The van der Waals surface area contributed by atoms with E-state index < -0.39 is 18.7 Å². The Hall–Kier alpha value is -3.49. The van der Waals surface area contributed by atoms with Gasteiger partial charge in [-0.15, -0.1) is 0 Å². The van der Waals surface area contributed by atoms with Crippen LogP contribution in [0.25, 0.3) is 0 Å². The van der Waals surface area contributed by atoms with Crippen molar-refractivity contribution in [2.45, 2.75) is 26.3 Å². The van der Waals surface area contributed by atoms with Crippen molar-refractivity contribution in [1.82, 2.24) is 9.78 Å². The summed E-state index contributed by atoms with van der Waals surface area (Å²) in [5.41, 5.74) is 1.79. The summed E-state index contributed by atoms with van der Waals surface area (Å²) in [7, 11) is 0. The van der Waals surface area contributed by atoms with Gasteiger partial charge in [-0.2, -0.15) is 18.3 Å². The number of rotatable bonds is 8. The zero-order valence-electron chi connectivity index (χ0n) is 16.1. The fourth-order valence-electron chi connectivity index (χ4n) is 2.56. The van der Waals surface area contributed by atoms with Crippen LogP contribution in [0.4, 0.5) is 18.9 Å². The molecule has 0 atom stereocenters. The normalized spacial score (nSPS) is 11.2. The standard InChI is InChI=1S/C21H20F3N3O3/c1-2-15-6-8-18(9-7-15)30-14-27-12-17(11-25-27)26-20(28)16-4-3-5-19(10-16)29-13-21(22,23)24/h3-12H,2,13-14H2,1H3,(H,26,28). The third kappa shape index (κ3) is 6.26. The van der Waals surface area contributed by atoms with Crippen molar-refractivity contribution in [3.8, 4) is 11.5 Å². The van der Waals surface area contributed by atoms with Crippen LogP contribution >= 0.6 is 0 Å². The highest BCUT2D eigenvalue weighted by atomic mass is 19.4. The molecule has 0 unspecified atom stereocenters. The summed E-state index contributed by atoms with van der Waals surface area (Å²) in [5.74, 6) is 0.158. The average Bonchev–Trinajstić information content (AvgIpc) is 3.18. The summed E-state index contributed by atoms with van der Waals surface area (Å²) < 4.78 is 48.6. The van der Waals surface area contributed by atoms with Crippen molar-refractivity contribution in [2.24, 2.45) is 0 Å². The van der Waals surface area contributed by atoms with Gasteiger partial charge in [0.15, 0.2) is 13.3 Å². The number of nitrogens with one attached hydrogen (secondary N) is 1. The van der Waals surface area contributed by atoms with Crippen molar-refractivity contribution in [3.05, 3.63) is 72.1 Å². The minimum absolute atomic E-state index is 0.0434. The molecular formula is C21H20F3N3O3. The maximum Gasteiger partial charge on any atom is 0.422 e. The van der Waals surface area contributed by atoms with Crippen LogP contribution in [0, 0.1) is 0 Å². The molecule has 3 aromatic rings. The van der Waals surface area contributed by atoms with Crippen molar-refractivity contribution < 1.29 is 27.4 Å². The molecule has 0 spiro atoms. The molecule has 6 nitrogen and oxygen atoms in total. The number of aromatic nitrogens is 2. The molecule has 9 heteroatoms. The highest BCUT2D eigenvalue weighted by Crippen LogP contribution is 2.20. The Balaban J connectivity index is 1.55. The van der Waals surface area contributed by atoms with E-state index in [0.29, 0.717) is 11.4 Å². The van der Waals surface area contributed by atoms with Crippen molar-refractivity contribution in [2.75, 3.05) is 11.9 Å². The molecule has 0 radical (unpaired) electrons. The van der Waals surface area contributed by atoms with Crippen molar-refractivity contribution >= 4 is 11.6 Å². The van der Waals surface area contributed by atoms with Gasteiger partial charge in [-0.3, -0.25) is 4.79 Å². The van der Waals surface area contributed by atoms with E-state index in [1.54, 1.807) is 6.20 Å². The fourth-order valence-corrected chi connectivity index (χ4v) is 2.56. The third-order valence-electron chi connectivity index (χ3n) is 4.08. The lowest BCUT2D eigenvalue weighted by Gasteiger charge is -2.10. The van der Waals surface area contributed by atoms with E-state index in [1.165, 1.54) is 40.7 Å². The number of aryl methyl sites for hydroxylation is 1. The van der Waals surface area contributed by atoms with Crippen LogP contribution in [-0.4, -0.2) is 28.5 Å². The van der Waals surface area contributed by atoms with E-state index in [-0.39, 0.29) is 18.0 Å². The van der Waals surface area contributed by atoms with Gasteiger partial charge in [-0.1, -0.05) is 25.1 Å². The second kappa shape index (κ2) is 9.34. The molecule has 158 valence electrons. The molecule has 2 aromatic carbocycles. The molecule has 3 rings (SSSR count). The maximum absolute atomic E-state index is 12.4. The molecule has 1 heterocycles. The van der Waals surface area contributed by atoms with Gasteiger partial charge in [0.05, 0.1) is 18.1 Å². The summed E-state index contributed by atoms with van der Waals surface area (Å²) in [6.45, 7) is 0.801. The first-order chi connectivity index (χ1) is 14.3. The number of anilines is 1. The van der Waals surface area contributed by atoms with Crippen LogP contribution in [-0.2, 0) is 13.2 Å². The summed E-state index contributed by atoms with van der Waals surface area (Å²) in [5, 5.41) is 6.75. The largest absolute Gasteiger partial charge is 0.484 e. The van der Waals surface area contributed by atoms with Gasteiger partial charge in [0.2, 0.25) is 0 Å². The Labute approximate surface area is 171 Å². The topological polar surface area (TPSA) is 65.4 Å². The van der Waals surface area contributed by atoms with E-state index in [2.05, 4.69) is 22.1 Å². The van der Waals surface area contributed by atoms with Gasteiger partial charge < -0.3 is 14.8 Å². The molecule has 0 saturated heterocycles. The van der Waals surface area contributed by atoms with Crippen molar-refractivity contribution in [3.63, 3.8) is 0 Å². The van der Waals surface area contributed by atoms with Gasteiger partial charge in [-0.05, 0) is 42.3 Å². The van der Waals surface area contributed by atoms with Gasteiger partial charge >= 0.3 is 6.18 Å². The minimum Gasteiger partial charge on any atom is -0.484 e. The molecule has 0 aliphatic heterocycles. The van der Waals surface area contributed by atoms with Crippen LogP contribution < -0.4 is 14.8 Å². The Bertz CT molecular complexity index is 985. The van der Waals surface area contributed by atoms with E-state index in [1.807, 2.05) is 24.3 Å². The number of nitrogens with zero attached hydrogens (tertiary/aromatic N) is 2. The van der Waals surface area contributed by atoms with Gasteiger partial charge in [-0.25, -0.2) is 4.68 Å². The summed E-state index contributed by atoms with van der Waals surface area (Å²) in [4.78, 5) is 12.4. The first kappa shape index (κ1) is 21.2. The number of hydrogen-bond acceptors (Lipinski definition) is 4. The molecule has 30 heavy (non-hydrogen) atoms. The number of benzene rings is 2. The Morgan fingerprint density at radius 3 is 2.57 bits per heavy atom. The summed E-state index contributed by atoms with van der Waals surface area (Å²) in [6.07, 6.45) is -0.472. The number of alkyl halides is 3. The number of hydrogen-bond donors (Lipinski definition) is 1. The summed E-state index contributed by atoms with van der Waals surface area (Å²) in [6, 6.07) is 13.2. The highest BCUT2D eigenvalue weighted by Gasteiger charge is 2.28. The Morgan fingerprint density at radius 2 is 1.87 bits per heavy atom. The molecule has 1 amide bonds. The van der Waals surface area contributed by atoms with E-state index in [0.717, 1.165) is 6.42 Å². The number of amides is 1. The molecule has 0 saturated carbocycles. The van der Waals surface area contributed by atoms with E-state index in [4.69, 9.17) is 4.74 Å². The monoisotopic (exact) mass is 419 g/mol. The number of halogens is 3. The first-order valence-electron chi connectivity index (χ1n) is 9.17. The lowest BCUT2D eigenvalue weighted by molar-refractivity contribution is -0.153. The molecule has 0 bridgehead atoms. The molecule has 1 N–H and O–H groups in total. The van der Waals surface area contributed by atoms with Crippen LogP contribution in [0.2, 0.25) is 0 Å². The average molecular weight is 419 g/mol. The lowest BCUT2D eigenvalue weighted by atomic mass is 10.2. The molecule has 0 aliphatic rings. The maximum atomic E-state index is 12.4. The van der Waals surface area contributed by atoms with Crippen LogP contribution in [0.1, 0.15) is 22.8 Å². The summed E-state index contributed by atoms with van der Waals surface area (Å²) >= 11 is 0. The lowest BCUT2D eigenvalue weighted by Crippen LogP contribution is -2.19. The number of ether oxygens (including phenoxy) is 2. The van der Waals surface area contributed by atoms with Gasteiger partial charge in [0.25, 0.3) is 5.91 Å². The second-order valence-electron chi connectivity index (χ2n) is 6.43. The zero-order chi connectivity index (χ0) is 21.6. The van der Waals surface area contributed by atoms with E-state index in [9.17, 15) is 18.0 Å². The Kier molecular flexibility index (Phi) is 6.61. The first-order valence-corrected chi connectivity index (χ1v) is 9.17. The van der Waals surface area contributed by atoms with Gasteiger partial charge in [0.1, 0.15) is 11.5 Å². The smallest absolute Gasteiger partial charge is 0.422 e. The minimum atomic E-state index is -4.45. The van der Waals surface area contributed by atoms with Gasteiger partial charge in [0, 0.05) is 5.56 Å². The van der Waals surface area contributed by atoms with Crippen molar-refractivity contribution in [1.29, 1.82) is 0 Å². The van der Waals surface area contributed by atoms with Crippen LogP contribution in [0.15, 0.2) is 60.9 Å². The fraction of sp³-hybridized carbons (Fsp3) is 0.238. The number of carbonyl (C=O) groups excluding carboxylic acids is 1. The molecule has 1 aromatic heterocycles. The van der Waals surface area contributed by atoms with E-state index >= 15 is 0 Å². The van der Waals surface area contributed by atoms with Crippen LogP contribution in [0.3, 0.4) is 0 Å². The zero-order valence-corrected chi connectivity index (χ0v) is 16.1. The quantitative estimate of drug-likeness (QED) is 0.576. The molecule has 0 aliphatic carbocycles. The molecule has 0 fully saturated rings. The Morgan fingerprint density at radius 1 is 1.10 bits per heavy atom. The highest BCUT2D eigenvalue weighted by molar-refractivity contribution is 6.04. The molecular weight excluding hydrogens is 399 g/mol. The predicted octanol–water partition coefficient (Wildman–Crippen LogP) is 4.68.